The van der Waals surface area contributed by atoms with Gasteiger partial charge in [0, 0.05) is 10.3 Å². The van der Waals surface area contributed by atoms with Crippen LogP contribution in [0.4, 0.5) is 0 Å². The van der Waals surface area contributed by atoms with Crippen molar-refractivity contribution < 1.29 is 9.13 Å². The predicted octanol–water partition coefficient (Wildman–Crippen LogP) is 3.92. The first kappa shape index (κ1) is 11.8. The molecule has 0 saturated heterocycles. The normalized spacial score (nSPS) is 11.3. The fourth-order valence-corrected chi connectivity index (χ4v) is 5.40. The Morgan fingerprint density at radius 3 is 2.60 bits per heavy atom. The summed E-state index contributed by atoms with van der Waals surface area (Å²) >= 11 is 5.34. The molecule has 0 spiro atoms. The van der Waals surface area contributed by atoms with Gasteiger partial charge in [-0.15, -0.1) is 22.7 Å². The highest BCUT2D eigenvalue weighted by atomic mass is 127. The molecule has 0 bridgehead atoms. The van der Waals surface area contributed by atoms with E-state index in [1.54, 1.807) is 11.3 Å². The maximum Gasteiger partial charge on any atom is 0.193 e. The van der Waals surface area contributed by atoms with E-state index in [2.05, 4.69) is 22.6 Å². The van der Waals surface area contributed by atoms with E-state index in [0.29, 0.717) is 0 Å². The first-order valence-electron chi connectivity index (χ1n) is 3.79. The zero-order valence-corrected chi connectivity index (χ0v) is 12.7. The van der Waals surface area contributed by atoms with Crippen molar-refractivity contribution in [3.05, 3.63) is 20.4 Å². The van der Waals surface area contributed by atoms with Gasteiger partial charge in [-0.05, 0) is 34.7 Å². The van der Waals surface area contributed by atoms with Gasteiger partial charge >= 0.3 is 0 Å². The molecule has 0 saturated carbocycles. The van der Waals surface area contributed by atoms with Crippen LogP contribution in [0.25, 0.3) is 9.75 Å². The average Bonchev–Trinajstić information content (AvgIpc) is 2.82. The van der Waals surface area contributed by atoms with Crippen molar-refractivity contribution in [1.29, 1.82) is 0 Å². The first-order chi connectivity index (χ1) is 7.24. The minimum Gasteiger partial charge on any atom is -0.269 e. The SMILES string of the molecule is O=Pc1csc(-c2sc(I)cc2P=O)c1. The maximum atomic E-state index is 10.9. The van der Waals surface area contributed by atoms with Crippen molar-refractivity contribution >= 4 is 72.8 Å². The molecule has 0 radical (unpaired) electrons. The summed E-state index contributed by atoms with van der Waals surface area (Å²) in [7, 11) is 0.0735. The molecule has 2 aromatic heterocycles. The highest BCUT2D eigenvalue weighted by molar-refractivity contribution is 14.1. The summed E-state index contributed by atoms with van der Waals surface area (Å²) in [5.41, 5.74) is 0. The van der Waals surface area contributed by atoms with E-state index < -0.39 is 0 Å². The molecule has 0 fully saturated rings. The third-order valence-corrected chi connectivity index (χ3v) is 6.05. The second kappa shape index (κ2) is 5.11. The third-order valence-electron chi connectivity index (χ3n) is 1.70. The Hall–Kier alpha value is 0.330. The molecule has 2 heterocycles. The van der Waals surface area contributed by atoms with E-state index in [4.69, 9.17) is 0 Å². The van der Waals surface area contributed by atoms with Crippen LogP contribution in [0.2, 0.25) is 0 Å². The second-order valence-electron chi connectivity index (χ2n) is 2.62. The maximum absolute atomic E-state index is 10.9. The van der Waals surface area contributed by atoms with Gasteiger partial charge in [-0.25, -0.2) is 0 Å². The van der Waals surface area contributed by atoms with Gasteiger partial charge in [-0.1, -0.05) is 0 Å². The molecule has 2 nitrogen and oxygen atoms in total. The van der Waals surface area contributed by atoms with E-state index in [1.165, 1.54) is 11.3 Å². The van der Waals surface area contributed by atoms with E-state index in [-0.39, 0.29) is 16.9 Å². The van der Waals surface area contributed by atoms with Crippen LogP contribution < -0.4 is 10.6 Å². The molecule has 0 aliphatic rings. The Labute approximate surface area is 111 Å². The fraction of sp³-hybridized carbons (Fsp3) is 0. The summed E-state index contributed by atoms with van der Waals surface area (Å²) in [6, 6.07) is 3.78. The van der Waals surface area contributed by atoms with Gasteiger partial charge in [0.25, 0.3) is 0 Å². The van der Waals surface area contributed by atoms with Crippen LogP contribution in [-0.2, 0) is 9.13 Å². The van der Waals surface area contributed by atoms with Crippen molar-refractivity contribution in [3.63, 3.8) is 0 Å². The fourth-order valence-electron chi connectivity index (χ4n) is 1.09. The molecule has 0 unspecified atom stereocenters. The van der Waals surface area contributed by atoms with Crippen LogP contribution in [0.5, 0.6) is 0 Å². The largest absolute Gasteiger partial charge is 0.269 e. The van der Waals surface area contributed by atoms with Crippen LogP contribution in [0.3, 0.4) is 0 Å². The average molecular weight is 384 g/mol. The zero-order valence-electron chi connectivity index (χ0n) is 7.14. The van der Waals surface area contributed by atoms with Gasteiger partial charge in [0.1, 0.15) is 0 Å². The second-order valence-corrected chi connectivity index (χ2v) is 7.84. The number of thiophene rings is 2. The third kappa shape index (κ3) is 2.53. The smallest absolute Gasteiger partial charge is 0.193 e. The summed E-state index contributed by atoms with van der Waals surface area (Å²) in [4.78, 5) is 2.04. The molecule has 0 aliphatic carbocycles. The van der Waals surface area contributed by atoms with Crippen LogP contribution in [0, 0.1) is 2.88 Å². The predicted molar refractivity (Wildman–Crippen MR) is 74.8 cm³/mol. The zero-order chi connectivity index (χ0) is 10.8. The van der Waals surface area contributed by atoms with Crippen LogP contribution in [-0.4, -0.2) is 0 Å². The number of hydrogen-bond donors (Lipinski definition) is 0. The summed E-state index contributed by atoms with van der Waals surface area (Å²) in [6.07, 6.45) is 0. The Morgan fingerprint density at radius 1 is 1.20 bits per heavy atom. The lowest BCUT2D eigenvalue weighted by atomic mass is 10.4. The Kier molecular flexibility index (Phi) is 4.02. The number of hydrogen-bond acceptors (Lipinski definition) is 4. The molecule has 2 aromatic rings. The molecular weight excluding hydrogens is 381 g/mol. The highest BCUT2D eigenvalue weighted by Crippen LogP contribution is 2.32. The van der Waals surface area contributed by atoms with Gasteiger partial charge in [-0.3, -0.25) is 9.13 Å². The van der Waals surface area contributed by atoms with Crippen LogP contribution >= 0.6 is 62.2 Å². The lowest BCUT2D eigenvalue weighted by Gasteiger charge is -1.90. The Balaban J connectivity index is 2.52. The Morgan fingerprint density at radius 2 is 2.00 bits per heavy atom. The lowest BCUT2D eigenvalue weighted by Crippen LogP contribution is -1.88. The summed E-state index contributed by atoms with van der Waals surface area (Å²) in [5, 5.41) is 3.43. The van der Waals surface area contributed by atoms with Crippen molar-refractivity contribution in [1.82, 2.24) is 0 Å². The quantitative estimate of drug-likeness (QED) is 0.594. The standard InChI is InChI=1S/C8H3IO2P2S2/c9-7-2-5(13-11)8(15-7)6-1-4(12-10)3-14-6/h1-3H. The van der Waals surface area contributed by atoms with Gasteiger partial charge in [0.05, 0.1) is 18.4 Å². The molecule has 7 heteroatoms. The van der Waals surface area contributed by atoms with Crippen molar-refractivity contribution in [2.24, 2.45) is 0 Å². The van der Waals surface area contributed by atoms with E-state index in [9.17, 15) is 9.13 Å². The molecular formula is C8H3IO2P2S2. The van der Waals surface area contributed by atoms with Crippen molar-refractivity contribution in [2.75, 3.05) is 0 Å². The van der Waals surface area contributed by atoms with Crippen molar-refractivity contribution in [2.45, 2.75) is 0 Å². The summed E-state index contributed by atoms with van der Waals surface area (Å²) in [6.45, 7) is 0. The Bertz CT molecular complexity index is 520. The first-order valence-corrected chi connectivity index (χ1v) is 8.19. The monoisotopic (exact) mass is 384 g/mol. The van der Waals surface area contributed by atoms with Crippen molar-refractivity contribution in [3.8, 4) is 9.75 Å². The van der Waals surface area contributed by atoms with Gasteiger partial charge < -0.3 is 0 Å². The van der Waals surface area contributed by atoms with Gasteiger partial charge in [0.2, 0.25) is 0 Å². The van der Waals surface area contributed by atoms with Gasteiger partial charge in [0.15, 0.2) is 16.9 Å². The highest BCUT2D eigenvalue weighted by Gasteiger charge is 2.12. The molecule has 0 N–H and O–H groups in total. The van der Waals surface area contributed by atoms with Crippen LogP contribution in [0.15, 0.2) is 17.5 Å². The minimum absolute atomic E-state index is 0.0351. The van der Waals surface area contributed by atoms with Crippen LogP contribution in [0.1, 0.15) is 0 Å². The minimum atomic E-state index is 0.0351. The molecule has 0 aliphatic heterocycles. The molecule has 0 aromatic carbocycles. The summed E-state index contributed by atoms with van der Waals surface area (Å²) < 4.78 is 22.7. The number of halogens is 1. The molecule has 76 valence electrons. The molecule has 2 rings (SSSR count). The summed E-state index contributed by atoms with van der Waals surface area (Å²) in [5.74, 6) is 0. The van der Waals surface area contributed by atoms with E-state index in [1.807, 2.05) is 17.5 Å². The van der Waals surface area contributed by atoms with Gasteiger partial charge in [-0.2, -0.15) is 0 Å². The molecule has 0 amide bonds. The number of rotatable bonds is 3. The topological polar surface area (TPSA) is 34.1 Å². The van der Waals surface area contributed by atoms with E-state index >= 15 is 0 Å². The molecule has 15 heavy (non-hydrogen) atoms. The lowest BCUT2D eigenvalue weighted by molar-refractivity contribution is 0.602. The van der Waals surface area contributed by atoms with E-state index in [0.717, 1.165) is 23.2 Å². The molecule has 0 atom stereocenters.